The number of ether oxygens (including phenoxy) is 1. The first-order valence-corrected chi connectivity index (χ1v) is 6.42. The predicted molar refractivity (Wildman–Crippen MR) is 66.6 cm³/mol. The number of piperidine rings is 1. The molecule has 1 aliphatic rings. The first-order chi connectivity index (χ1) is 9.01. The van der Waals surface area contributed by atoms with Crippen LogP contribution in [0.5, 0.6) is 0 Å². The lowest BCUT2D eigenvalue weighted by Gasteiger charge is -2.30. The summed E-state index contributed by atoms with van der Waals surface area (Å²) in [4.78, 5) is 35.0. The first kappa shape index (κ1) is 15.4. The zero-order valence-electron chi connectivity index (χ0n) is 11.1. The van der Waals surface area contributed by atoms with Crippen LogP contribution in [-0.2, 0) is 14.3 Å². The van der Waals surface area contributed by atoms with Crippen molar-refractivity contribution in [3.8, 4) is 0 Å². The van der Waals surface area contributed by atoms with Crippen molar-refractivity contribution >= 4 is 18.0 Å². The van der Waals surface area contributed by atoms with Gasteiger partial charge in [-0.15, -0.1) is 0 Å². The molecule has 0 aromatic rings. The van der Waals surface area contributed by atoms with Gasteiger partial charge in [-0.1, -0.05) is 0 Å². The largest absolute Gasteiger partial charge is 0.481 e. The Labute approximate surface area is 111 Å². The van der Waals surface area contributed by atoms with E-state index < -0.39 is 18.0 Å². The van der Waals surface area contributed by atoms with Gasteiger partial charge >= 0.3 is 12.1 Å². The molecule has 2 amide bonds. The van der Waals surface area contributed by atoms with Gasteiger partial charge in [0.2, 0.25) is 5.91 Å². The van der Waals surface area contributed by atoms with Crippen molar-refractivity contribution in [2.24, 2.45) is 5.92 Å². The fraction of sp³-hybridized carbons (Fsp3) is 0.750. The third-order valence-electron chi connectivity index (χ3n) is 3.05. The number of aliphatic carboxylic acids is 1. The molecule has 0 unspecified atom stereocenters. The van der Waals surface area contributed by atoms with E-state index in [1.807, 2.05) is 4.90 Å². The Hall–Kier alpha value is -1.63. The molecule has 0 aromatic carbocycles. The molecule has 0 bridgehead atoms. The summed E-state index contributed by atoms with van der Waals surface area (Å²) >= 11 is 0. The lowest BCUT2D eigenvalue weighted by Crippen LogP contribution is -2.43. The van der Waals surface area contributed by atoms with Crippen LogP contribution in [0, 0.1) is 5.92 Å². The van der Waals surface area contributed by atoms with Crippen molar-refractivity contribution in [3.63, 3.8) is 0 Å². The minimum atomic E-state index is -0.779. The van der Waals surface area contributed by atoms with E-state index in [4.69, 9.17) is 5.11 Å². The molecule has 0 radical (unpaired) electrons. The van der Waals surface area contributed by atoms with Crippen molar-refractivity contribution in [3.05, 3.63) is 0 Å². The van der Waals surface area contributed by atoms with Gasteiger partial charge in [0.05, 0.1) is 13.2 Å². The molecule has 1 aliphatic heterocycles. The lowest BCUT2D eigenvalue weighted by molar-refractivity contribution is -0.138. The molecule has 108 valence electrons. The van der Waals surface area contributed by atoms with E-state index in [0.717, 1.165) is 12.8 Å². The van der Waals surface area contributed by atoms with Crippen LogP contribution in [-0.4, -0.2) is 54.2 Å². The van der Waals surface area contributed by atoms with E-state index in [0.29, 0.717) is 13.1 Å². The van der Waals surface area contributed by atoms with Gasteiger partial charge in [0.15, 0.2) is 0 Å². The number of carbonyl (C=O) groups is 3. The van der Waals surface area contributed by atoms with E-state index in [2.05, 4.69) is 10.1 Å². The highest BCUT2D eigenvalue weighted by Gasteiger charge is 2.23. The number of carboxylic acids is 1. The fourth-order valence-corrected chi connectivity index (χ4v) is 2.12. The Morgan fingerprint density at radius 3 is 2.47 bits per heavy atom. The summed E-state index contributed by atoms with van der Waals surface area (Å²) in [6, 6.07) is 0. The number of hydrogen-bond acceptors (Lipinski definition) is 5. The second-order valence-electron chi connectivity index (χ2n) is 4.59. The van der Waals surface area contributed by atoms with Crippen molar-refractivity contribution in [2.45, 2.75) is 26.2 Å². The third-order valence-corrected chi connectivity index (χ3v) is 3.05. The quantitative estimate of drug-likeness (QED) is 0.754. The third kappa shape index (κ3) is 6.19. The SMILES string of the molecule is CCOC(=O)NC(=O)CN1CCC(CC(=O)O)CC1. The maximum atomic E-state index is 11.5. The second kappa shape index (κ2) is 7.73. The number of alkyl carbamates (subject to hydrolysis) is 1. The summed E-state index contributed by atoms with van der Waals surface area (Å²) in [7, 11) is 0. The molecule has 0 aromatic heterocycles. The molecule has 7 heteroatoms. The maximum absolute atomic E-state index is 11.5. The molecule has 1 heterocycles. The topological polar surface area (TPSA) is 95.9 Å². The van der Waals surface area contributed by atoms with E-state index >= 15 is 0 Å². The zero-order chi connectivity index (χ0) is 14.3. The minimum absolute atomic E-state index is 0.138. The van der Waals surface area contributed by atoms with E-state index in [1.165, 1.54) is 0 Å². The fourth-order valence-electron chi connectivity index (χ4n) is 2.12. The molecule has 1 fully saturated rings. The number of carboxylic acid groups (broad SMARTS) is 1. The van der Waals surface area contributed by atoms with E-state index in [9.17, 15) is 14.4 Å². The summed E-state index contributed by atoms with van der Waals surface area (Å²) in [6.45, 7) is 3.37. The highest BCUT2D eigenvalue weighted by Crippen LogP contribution is 2.19. The van der Waals surface area contributed by atoms with Gasteiger partial charge < -0.3 is 9.84 Å². The van der Waals surface area contributed by atoms with Gasteiger partial charge in [-0.25, -0.2) is 4.79 Å². The summed E-state index contributed by atoms with van der Waals surface area (Å²) in [6.07, 6.45) is 0.981. The van der Waals surface area contributed by atoms with Crippen LogP contribution in [0.2, 0.25) is 0 Å². The average Bonchev–Trinajstić information content (AvgIpc) is 2.31. The van der Waals surface area contributed by atoms with Crippen molar-refractivity contribution < 1.29 is 24.2 Å². The Balaban J connectivity index is 2.23. The zero-order valence-corrected chi connectivity index (χ0v) is 11.1. The molecule has 0 atom stereocenters. The molecule has 0 saturated carbocycles. The van der Waals surface area contributed by atoms with Crippen LogP contribution in [0.4, 0.5) is 4.79 Å². The standard InChI is InChI=1S/C12H20N2O5/c1-2-19-12(18)13-10(15)8-14-5-3-9(4-6-14)7-11(16)17/h9H,2-8H2,1H3,(H,16,17)(H,13,15,18). The Kier molecular flexibility index (Phi) is 6.27. The number of amides is 2. The number of nitrogens with zero attached hydrogens (tertiary/aromatic N) is 1. The highest BCUT2D eigenvalue weighted by atomic mass is 16.5. The molecule has 19 heavy (non-hydrogen) atoms. The molecule has 2 N–H and O–H groups in total. The van der Waals surface area contributed by atoms with Gasteiger partial charge in [0, 0.05) is 6.42 Å². The van der Waals surface area contributed by atoms with Crippen LogP contribution in [0.1, 0.15) is 26.2 Å². The molecule has 7 nitrogen and oxygen atoms in total. The lowest BCUT2D eigenvalue weighted by atomic mass is 9.94. The molecular formula is C12H20N2O5. The van der Waals surface area contributed by atoms with Crippen LogP contribution in [0.25, 0.3) is 0 Å². The summed E-state index contributed by atoms with van der Waals surface area (Å²) in [5, 5.41) is 10.8. The number of likely N-dealkylation sites (tertiary alicyclic amines) is 1. The van der Waals surface area contributed by atoms with Gasteiger partial charge in [0.1, 0.15) is 0 Å². The molecule has 1 rings (SSSR count). The Bertz CT molecular complexity index is 337. The van der Waals surface area contributed by atoms with Gasteiger partial charge in [-0.05, 0) is 38.8 Å². The summed E-state index contributed by atoms with van der Waals surface area (Å²) in [5.41, 5.74) is 0. The first-order valence-electron chi connectivity index (χ1n) is 6.42. The van der Waals surface area contributed by atoms with Crippen molar-refractivity contribution in [1.29, 1.82) is 0 Å². The average molecular weight is 272 g/mol. The van der Waals surface area contributed by atoms with E-state index in [-0.39, 0.29) is 25.5 Å². The number of carbonyl (C=O) groups excluding carboxylic acids is 2. The number of hydrogen-bond donors (Lipinski definition) is 2. The Morgan fingerprint density at radius 2 is 1.95 bits per heavy atom. The molecule has 1 saturated heterocycles. The highest BCUT2D eigenvalue weighted by molar-refractivity contribution is 5.92. The van der Waals surface area contributed by atoms with Crippen LogP contribution in [0.15, 0.2) is 0 Å². The smallest absolute Gasteiger partial charge is 0.413 e. The summed E-state index contributed by atoms with van der Waals surface area (Å²) in [5.74, 6) is -0.990. The Morgan fingerprint density at radius 1 is 1.32 bits per heavy atom. The van der Waals surface area contributed by atoms with E-state index in [1.54, 1.807) is 6.92 Å². The molecule has 0 spiro atoms. The number of nitrogens with one attached hydrogen (secondary N) is 1. The number of rotatable bonds is 5. The van der Waals surface area contributed by atoms with Crippen molar-refractivity contribution in [2.75, 3.05) is 26.2 Å². The normalized spacial score (nSPS) is 16.9. The maximum Gasteiger partial charge on any atom is 0.413 e. The van der Waals surface area contributed by atoms with Gasteiger partial charge in [-0.2, -0.15) is 0 Å². The van der Waals surface area contributed by atoms with Crippen LogP contribution >= 0.6 is 0 Å². The predicted octanol–water partition coefficient (Wildman–Crippen LogP) is 0.446. The second-order valence-corrected chi connectivity index (χ2v) is 4.59. The van der Waals surface area contributed by atoms with Crippen molar-refractivity contribution in [1.82, 2.24) is 10.2 Å². The monoisotopic (exact) mass is 272 g/mol. The van der Waals surface area contributed by atoms with Gasteiger partial charge in [0.25, 0.3) is 0 Å². The van der Waals surface area contributed by atoms with Crippen LogP contribution in [0.3, 0.4) is 0 Å². The number of imide groups is 1. The van der Waals surface area contributed by atoms with Crippen LogP contribution < -0.4 is 5.32 Å². The molecule has 0 aliphatic carbocycles. The summed E-state index contributed by atoms with van der Waals surface area (Å²) < 4.78 is 4.61. The molecular weight excluding hydrogens is 252 g/mol. The minimum Gasteiger partial charge on any atom is -0.481 e. The van der Waals surface area contributed by atoms with Gasteiger partial charge in [-0.3, -0.25) is 19.8 Å².